The van der Waals surface area contributed by atoms with Gasteiger partial charge in [-0.1, -0.05) is 6.92 Å². The first-order chi connectivity index (χ1) is 12.6. The van der Waals surface area contributed by atoms with Gasteiger partial charge in [0, 0.05) is 30.6 Å². The van der Waals surface area contributed by atoms with Gasteiger partial charge in [0.2, 0.25) is 0 Å². The standard InChI is InChI=1S/C18H26N4O3S/c1-5-14-11-21-16(26-14)7-8-20-18(19-6-2)22-10-13-9-15(12(3)25-13)17(23)24-4/h9,11H,5-8,10H2,1-4H3,(H2,19,20,22). The number of aromatic nitrogens is 1. The summed E-state index contributed by atoms with van der Waals surface area (Å²) in [5, 5.41) is 7.61. The molecule has 2 aromatic rings. The predicted octanol–water partition coefficient (Wildman–Crippen LogP) is 2.69. The highest BCUT2D eigenvalue weighted by Gasteiger charge is 2.15. The van der Waals surface area contributed by atoms with Crippen molar-refractivity contribution in [3.05, 3.63) is 39.2 Å². The molecule has 2 N–H and O–H groups in total. The molecule has 0 bridgehead atoms. The van der Waals surface area contributed by atoms with Crippen LogP contribution in [-0.4, -0.2) is 37.1 Å². The van der Waals surface area contributed by atoms with Gasteiger partial charge in [-0.15, -0.1) is 11.3 Å². The molecule has 2 aromatic heterocycles. The number of methoxy groups -OCH3 is 1. The largest absolute Gasteiger partial charge is 0.465 e. The van der Waals surface area contributed by atoms with Crippen molar-refractivity contribution in [2.45, 2.75) is 40.2 Å². The summed E-state index contributed by atoms with van der Waals surface area (Å²) >= 11 is 1.75. The minimum absolute atomic E-state index is 0.338. The minimum Gasteiger partial charge on any atom is -0.465 e. The van der Waals surface area contributed by atoms with E-state index in [9.17, 15) is 4.79 Å². The minimum atomic E-state index is -0.401. The lowest BCUT2D eigenvalue weighted by molar-refractivity contribution is 0.0599. The number of furan rings is 1. The van der Waals surface area contributed by atoms with Gasteiger partial charge in [-0.05, 0) is 26.3 Å². The lowest BCUT2D eigenvalue weighted by atomic mass is 10.2. The molecule has 2 heterocycles. The van der Waals surface area contributed by atoms with Crippen molar-refractivity contribution < 1.29 is 13.9 Å². The maximum atomic E-state index is 11.6. The van der Waals surface area contributed by atoms with Crippen molar-refractivity contribution in [3.8, 4) is 0 Å². The Kier molecular flexibility index (Phi) is 7.65. The first-order valence-corrected chi connectivity index (χ1v) is 9.52. The highest BCUT2D eigenvalue weighted by atomic mass is 32.1. The molecule has 0 aromatic carbocycles. The summed E-state index contributed by atoms with van der Waals surface area (Å²) < 4.78 is 10.3. The molecule has 142 valence electrons. The second kappa shape index (κ2) is 9.96. The second-order valence-electron chi connectivity index (χ2n) is 5.62. The highest BCUT2D eigenvalue weighted by Crippen LogP contribution is 2.16. The lowest BCUT2D eigenvalue weighted by Gasteiger charge is -2.10. The highest BCUT2D eigenvalue weighted by molar-refractivity contribution is 7.11. The normalized spacial score (nSPS) is 11.5. The quantitative estimate of drug-likeness (QED) is 0.417. The van der Waals surface area contributed by atoms with Crippen LogP contribution in [0.1, 0.15) is 45.6 Å². The molecule has 0 saturated heterocycles. The van der Waals surface area contributed by atoms with Crippen LogP contribution in [-0.2, 0) is 24.1 Å². The van der Waals surface area contributed by atoms with E-state index in [4.69, 9.17) is 9.15 Å². The van der Waals surface area contributed by atoms with Crippen LogP contribution in [0.25, 0.3) is 0 Å². The van der Waals surface area contributed by atoms with E-state index in [1.165, 1.54) is 12.0 Å². The number of nitrogens with one attached hydrogen (secondary N) is 2. The zero-order valence-corrected chi connectivity index (χ0v) is 16.5. The van der Waals surface area contributed by atoms with E-state index in [1.54, 1.807) is 24.3 Å². The Labute approximate surface area is 157 Å². The molecule has 0 unspecified atom stereocenters. The Morgan fingerprint density at radius 1 is 1.38 bits per heavy atom. The Morgan fingerprint density at radius 2 is 2.19 bits per heavy atom. The molecule has 0 aliphatic rings. The van der Waals surface area contributed by atoms with Gasteiger partial charge in [0.1, 0.15) is 23.6 Å². The number of thiazole rings is 1. The van der Waals surface area contributed by atoms with Crippen LogP contribution in [0, 0.1) is 6.92 Å². The Bertz CT molecular complexity index is 751. The van der Waals surface area contributed by atoms with E-state index in [0.717, 1.165) is 30.9 Å². The fourth-order valence-electron chi connectivity index (χ4n) is 2.35. The third-order valence-electron chi connectivity index (χ3n) is 3.69. The van der Waals surface area contributed by atoms with Crippen LogP contribution >= 0.6 is 11.3 Å². The summed E-state index contributed by atoms with van der Waals surface area (Å²) in [6.45, 7) is 7.72. The molecule has 0 saturated carbocycles. The smallest absolute Gasteiger partial charge is 0.341 e. The Balaban J connectivity index is 1.92. The number of carbonyl (C=O) groups excluding carboxylic acids is 1. The number of hydrogen-bond donors (Lipinski definition) is 2. The number of ether oxygens (including phenoxy) is 1. The van der Waals surface area contributed by atoms with Crippen LogP contribution in [0.5, 0.6) is 0 Å². The number of aryl methyl sites for hydroxylation is 2. The third kappa shape index (κ3) is 5.59. The zero-order valence-electron chi connectivity index (χ0n) is 15.7. The summed E-state index contributed by atoms with van der Waals surface area (Å²) in [7, 11) is 1.35. The van der Waals surface area contributed by atoms with Crippen LogP contribution in [0.3, 0.4) is 0 Å². The van der Waals surface area contributed by atoms with E-state index in [2.05, 4.69) is 27.5 Å². The average molecular weight is 378 g/mol. The van der Waals surface area contributed by atoms with Crippen molar-refractivity contribution in [2.75, 3.05) is 20.2 Å². The summed E-state index contributed by atoms with van der Waals surface area (Å²) in [5.74, 6) is 1.46. The van der Waals surface area contributed by atoms with E-state index in [1.807, 2.05) is 13.1 Å². The van der Waals surface area contributed by atoms with Crippen molar-refractivity contribution in [1.29, 1.82) is 0 Å². The van der Waals surface area contributed by atoms with Gasteiger partial charge in [-0.3, -0.25) is 0 Å². The van der Waals surface area contributed by atoms with Gasteiger partial charge in [0.05, 0.1) is 12.1 Å². The summed E-state index contributed by atoms with van der Waals surface area (Å²) in [4.78, 5) is 21.9. The molecule has 0 amide bonds. The second-order valence-corrected chi connectivity index (χ2v) is 6.82. The molecule has 0 radical (unpaired) electrons. The van der Waals surface area contributed by atoms with E-state index < -0.39 is 5.97 Å². The average Bonchev–Trinajstić information content (AvgIpc) is 3.25. The monoisotopic (exact) mass is 378 g/mol. The van der Waals surface area contributed by atoms with Crippen LogP contribution in [0.4, 0.5) is 0 Å². The molecule has 0 aliphatic carbocycles. The summed E-state index contributed by atoms with van der Waals surface area (Å²) in [6.07, 6.45) is 3.81. The van der Waals surface area contributed by atoms with Crippen molar-refractivity contribution in [3.63, 3.8) is 0 Å². The van der Waals surface area contributed by atoms with Crippen molar-refractivity contribution in [2.24, 2.45) is 4.99 Å². The molecule has 2 rings (SSSR count). The topological polar surface area (TPSA) is 88.8 Å². The third-order valence-corrected chi connectivity index (χ3v) is 4.89. The lowest BCUT2D eigenvalue weighted by Crippen LogP contribution is -2.38. The number of esters is 1. The molecule has 7 nitrogen and oxygen atoms in total. The van der Waals surface area contributed by atoms with Crippen LogP contribution in [0.15, 0.2) is 21.7 Å². The molecular weight excluding hydrogens is 352 g/mol. The molecule has 0 spiro atoms. The Hall–Kier alpha value is -2.35. The van der Waals surface area contributed by atoms with E-state index in [-0.39, 0.29) is 0 Å². The SMILES string of the molecule is CCNC(=NCc1cc(C(=O)OC)c(C)o1)NCCc1ncc(CC)s1. The Morgan fingerprint density at radius 3 is 2.85 bits per heavy atom. The van der Waals surface area contributed by atoms with E-state index >= 15 is 0 Å². The van der Waals surface area contributed by atoms with Gasteiger partial charge < -0.3 is 19.8 Å². The fraction of sp³-hybridized carbons (Fsp3) is 0.500. The number of carbonyl (C=O) groups is 1. The molecule has 8 heteroatoms. The first-order valence-electron chi connectivity index (χ1n) is 8.70. The van der Waals surface area contributed by atoms with Crippen molar-refractivity contribution in [1.82, 2.24) is 15.6 Å². The maximum absolute atomic E-state index is 11.6. The first kappa shape index (κ1) is 20.0. The molecule has 0 atom stereocenters. The van der Waals surface area contributed by atoms with Crippen molar-refractivity contribution >= 4 is 23.3 Å². The molecule has 26 heavy (non-hydrogen) atoms. The van der Waals surface area contributed by atoms with Gasteiger partial charge in [-0.25, -0.2) is 14.8 Å². The number of rotatable bonds is 8. The van der Waals surface area contributed by atoms with E-state index in [0.29, 0.717) is 29.6 Å². The van der Waals surface area contributed by atoms with Gasteiger partial charge in [0.25, 0.3) is 0 Å². The molecule has 0 aliphatic heterocycles. The van der Waals surface area contributed by atoms with Crippen LogP contribution < -0.4 is 10.6 Å². The number of nitrogens with zero attached hydrogens (tertiary/aromatic N) is 2. The van der Waals surface area contributed by atoms with Gasteiger partial charge in [-0.2, -0.15) is 0 Å². The summed E-state index contributed by atoms with van der Waals surface area (Å²) in [5.41, 5.74) is 0.436. The number of guanidine groups is 1. The summed E-state index contributed by atoms with van der Waals surface area (Å²) in [6, 6.07) is 1.68. The van der Waals surface area contributed by atoms with Crippen LogP contribution in [0.2, 0.25) is 0 Å². The number of aliphatic imine (C=N–C) groups is 1. The van der Waals surface area contributed by atoms with Gasteiger partial charge in [0.15, 0.2) is 5.96 Å². The molecule has 0 fully saturated rings. The number of hydrogen-bond acceptors (Lipinski definition) is 6. The molecular formula is C18H26N4O3S. The predicted molar refractivity (Wildman–Crippen MR) is 103 cm³/mol. The fourth-order valence-corrected chi connectivity index (χ4v) is 3.21. The zero-order chi connectivity index (χ0) is 18.9. The maximum Gasteiger partial charge on any atom is 0.341 e. The van der Waals surface area contributed by atoms with Gasteiger partial charge >= 0.3 is 5.97 Å².